The molecule has 1 aliphatic rings. The van der Waals surface area contributed by atoms with Gasteiger partial charge in [0.2, 0.25) is 0 Å². The van der Waals surface area contributed by atoms with Crippen LogP contribution in [0.3, 0.4) is 0 Å². The van der Waals surface area contributed by atoms with Crippen molar-refractivity contribution in [3.8, 4) is 0 Å². The summed E-state index contributed by atoms with van der Waals surface area (Å²) in [6.07, 6.45) is 5.19. The van der Waals surface area contributed by atoms with Gasteiger partial charge in [-0.3, -0.25) is 0 Å². The number of nitrogens with zero attached hydrogens (tertiary/aromatic N) is 1. The van der Waals surface area contributed by atoms with Crippen LogP contribution in [0.5, 0.6) is 0 Å². The maximum Gasteiger partial charge on any atom is 0.125 e. The van der Waals surface area contributed by atoms with Crippen molar-refractivity contribution in [1.29, 1.82) is 0 Å². The lowest BCUT2D eigenvalue weighted by molar-refractivity contribution is 0.377. The third-order valence-corrected chi connectivity index (χ3v) is 4.22. The van der Waals surface area contributed by atoms with Crippen LogP contribution in [0.25, 0.3) is 10.9 Å². The fourth-order valence-corrected chi connectivity index (χ4v) is 3.13. The van der Waals surface area contributed by atoms with Gasteiger partial charge < -0.3 is 9.88 Å². The van der Waals surface area contributed by atoms with Gasteiger partial charge >= 0.3 is 0 Å². The lowest BCUT2D eigenvalue weighted by Gasteiger charge is -2.32. The highest BCUT2D eigenvalue weighted by Gasteiger charge is 2.19. The van der Waals surface area contributed by atoms with Crippen LogP contribution in [0.4, 0.5) is 10.2 Å². The number of anilines is 1. The average Bonchev–Trinajstić information content (AvgIpc) is 2.83. The van der Waals surface area contributed by atoms with Crippen molar-refractivity contribution in [2.45, 2.75) is 32.6 Å². The van der Waals surface area contributed by atoms with E-state index in [1.807, 2.05) is 6.07 Å². The Balaban J connectivity index is 1.74. The number of aromatic amines is 1. The highest BCUT2D eigenvalue weighted by molar-refractivity contribution is 5.84. The largest absolute Gasteiger partial charge is 0.358 e. The predicted octanol–water partition coefficient (Wildman–Crippen LogP) is 4.32. The van der Waals surface area contributed by atoms with Crippen molar-refractivity contribution in [3.05, 3.63) is 30.1 Å². The second-order valence-corrected chi connectivity index (χ2v) is 5.61. The second-order valence-electron chi connectivity index (χ2n) is 5.61. The number of fused-ring (bicyclic) bond motifs is 1. The molecule has 2 aromatic rings. The lowest BCUT2D eigenvalue weighted by atomic mass is 9.92. The first kappa shape index (κ1) is 12.5. The average molecular weight is 260 g/mol. The van der Waals surface area contributed by atoms with Gasteiger partial charge in [-0.25, -0.2) is 4.39 Å². The molecule has 0 spiro atoms. The summed E-state index contributed by atoms with van der Waals surface area (Å²) in [6, 6.07) is 7.07. The van der Waals surface area contributed by atoms with Crippen LogP contribution >= 0.6 is 0 Å². The van der Waals surface area contributed by atoms with Crippen LogP contribution in [0.1, 0.15) is 32.6 Å². The molecular formula is C16H21FN2. The van der Waals surface area contributed by atoms with Crippen LogP contribution in [-0.4, -0.2) is 18.1 Å². The first-order chi connectivity index (χ1) is 9.26. The summed E-state index contributed by atoms with van der Waals surface area (Å²) in [5.41, 5.74) is 0.894. The van der Waals surface area contributed by atoms with Crippen LogP contribution in [0.2, 0.25) is 0 Å². The van der Waals surface area contributed by atoms with Gasteiger partial charge in [0.1, 0.15) is 11.6 Å². The summed E-state index contributed by atoms with van der Waals surface area (Å²) >= 11 is 0. The van der Waals surface area contributed by atoms with Crippen molar-refractivity contribution < 1.29 is 4.39 Å². The zero-order valence-electron chi connectivity index (χ0n) is 11.5. The highest BCUT2D eigenvalue weighted by atomic mass is 19.1. The van der Waals surface area contributed by atoms with E-state index in [0.717, 1.165) is 35.7 Å². The number of nitrogens with one attached hydrogen (secondary N) is 1. The summed E-state index contributed by atoms with van der Waals surface area (Å²) in [6.45, 7) is 4.48. The summed E-state index contributed by atoms with van der Waals surface area (Å²) in [4.78, 5) is 5.73. The van der Waals surface area contributed by atoms with Crippen LogP contribution in [0.15, 0.2) is 24.3 Å². The van der Waals surface area contributed by atoms with Gasteiger partial charge in [-0.15, -0.1) is 0 Å². The number of benzene rings is 1. The molecule has 1 saturated heterocycles. The molecule has 0 saturated carbocycles. The van der Waals surface area contributed by atoms with Crippen LogP contribution < -0.4 is 4.90 Å². The zero-order chi connectivity index (χ0) is 13.2. The minimum Gasteiger partial charge on any atom is -0.358 e. The number of piperidine rings is 1. The molecule has 1 aliphatic heterocycles. The normalized spacial score (nSPS) is 17.3. The van der Waals surface area contributed by atoms with E-state index >= 15 is 0 Å². The second kappa shape index (κ2) is 5.24. The van der Waals surface area contributed by atoms with Crippen molar-refractivity contribution in [3.63, 3.8) is 0 Å². The third-order valence-electron chi connectivity index (χ3n) is 4.22. The molecule has 1 N–H and O–H groups in total. The highest BCUT2D eigenvalue weighted by Crippen LogP contribution is 2.28. The van der Waals surface area contributed by atoms with E-state index in [9.17, 15) is 4.39 Å². The first-order valence-corrected chi connectivity index (χ1v) is 7.29. The lowest BCUT2D eigenvalue weighted by Crippen LogP contribution is -2.33. The van der Waals surface area contributed by atoms with Crippen LogP contribution in [-0.2, 0) is 0 Å². The van der Waals surface area contributed by atoms with Gasteiger partial charge in [-0.2, -0.15) is 0 Å². The SMILES string of the molecule is CCCC1CCN(c2cc3ccc(F)cc3[nH]2)CC1. The van der Waals surface area contributed by atoms with E-state index in [4.69, 9.17) is 0 Å². The number of rotatable bonds is 3. The number of aromatic nitrogens is 1. The maximum absolute atomic E-state index is 13.2. The summed E-state index contributed by atoms with van der Waals surface area (Å²) in [7, 11) is 0. The molecular weight excluding hydrogens is 239 g/mol. The Bertz CT molecular complexity index is 553. The first-order valence-electron chi connectivity index (χ1n) is 7.29. The van der Waals surface area contributed by atoms with Gasteiger partial charge in [-0.05, 0) is 43.0 Å². The Labute approximate surface area is 113 Å². The number of H-pyrrole nitrogens is 1. The smallest absolute Gasteiger partial charge is 0.125 e. The quantitative estimate of drug-likeness (QED) is 0.870. The molecule has 0 atom stereocenters. The molecule has 0 unspecified atom stereocenters. The third kappa shape index (κ3) is 2.60. The number of halogens is 1. The fourth-order valence-electron chi connectivity index (χ4n) is 3.13. The van der Waals surface area contributed by atoms with E-state index in [0.29, 0.717) is 0 Å². The van der Waals surface area contributed by atoms with Crippen molar-refractivity contribution >= 4 is 16.7 Å². The van der Waals surface area contributed by atoms with Crippen molar-refractivity contribution in [2.75, 3.05) is 18.0 Å². The zero-order valence-corrected chi connectivity index (χ0v) is 11.5. The molecule has 0 amide bonds. The molecule has 2 nitrogen and oxygen atoms in total. The van der Waals surface area contributed by atoms with E-state index in [1.54, 1.807) is 6.07 Å². The monoisotopic (exact) mass is 260 g/mol. The van der Waals surface area contributed by atoms with Gasteiger partial charge in [0.25, 0.3) is 0 Å². The molecule has 0 aliphatic carbocycles. The molecule has 2 heterocycles. The van der Waals surface area contributed by atoms with Gasteiger partial charge in [-0.1, -0.05) is 19.8 Å². The Hall–Kier alpha value is -1.51. The van der Waals surface area contributed by atoms with Crippen LogP contribution in [0, 0.1) is 11.7 Å². The summed E-state index contributed by atoms with van der Waals surface area (Å²) < 4.78 is 13.2. The summed E-state index contributed by atoms with van der Waals surface area (Å²) in [5, 5.41) is 1.09. The molecule has 1 aromatic heterocycles. The Kier molecular flexibility index (Phi) is 3.45. The molecule has 3 rings (SSSR count). The molecule has 1 aromatic carbocycles. The van der Waals surface area contributed by atoms with Crippen molar-refractivity contribution in [2.24, 2.45) is 5.92 Å². The predicted molar refractivity (Wildman–Crippen MR) is 78.1 cm³/mol. The summed E-state index contributed by atoms with van der Waals surface area (Å²) in [5.74, 6) is 1.85. The molecule has 3 heteroatoms. The minimum atomic E-state index is -0.178. The van der Waals surface area contributed by atoms with E-state index in [-0.39, 0.29) is 5.82 Å². The van der Waals surface area contributed by atoms with E-state index < -0.39 is 0 Å². The van der Waals surface area contributed by atoms with E-state index in [2.05, 4.69) is 22.9 Å². The molecule has 1 fully saturated rings. The number of hydrogen-bond acceptors (Lipinski definition) is 1. The Morgan fingerprint density at radius 3 is 2.79 bits per heavy atom. The molecule has 0 bridgehead atoms. The Morgan fingerprint density at radius 2 is 2.05 bits per heavy atom. The molecule has 0 radical (unpaired) electrons. The minimum absolute atomic E-state index is 0.178. The standard InChI is InChI=1S/C16H21FN2/c1-2-3-12-6-8-19(9-7-12)16-10-13-4-5-14(17)11-15(13)18-16/h4-5,10-12,18H,2-3,6-9H2,1H3. The Morgan fingerprint density at radius 1 is 1.26 bits per heavy atom. The van der Waals surface area contributed by atoms with Crippen molar-refractivity contribution in [1.82, 2.24) is 4.98 Å². The molecule has 102 valence electrons. The van der Waals surface area contributed by atoms with Gasteiger partial charge in [0.15, 0.2) is 0 Å². The fraction of sp³-hybridized carbons (Fsp3) is 0.500. The van der Waals surface area contributed by atoms with Gasteiger partial charge in [0.05, 0.1) is 0 Å². The number of hydrogen-bond donors (Lipinski definition) is 1. The maximum atomic E-state index is 13.2. The van der Waals surface area contributed by atoms with E-state index in [1.165, 1.54) is 31.7 Å². The topological polar surface area (TPSA) is 19.0 Å². The van der Waals surface area contributed by atoms with Gasteiger partial charge in [0, 0.05) is 24.0 Å². The molecule has 19 heavy (non-hydrogen) atoms.